The molecule has 2 nitrogen and oxygen atoms in total. The first kappa shape index (κ1) is 17.5. The summed E-state index contributed by atoms with van der Waals surface area (Å²) in [4.78, 5) is 0. The van der Waals surface area contributed by atoms with Crippen molar-refractivity contribution in [1.29, 1.82) is 0 Å². The van der Waals surface area contributed by atoms with E-state index < -0.39 is 23.8 Å². The minimum atomic E-state index is -1.36. The molecule has 0 amide bonds. The highest BCUT2D eigenvalue weighted by atomic mass is 79.9. The summed E-state index contributed by atoms with van der Waals surface area (Å²) in [5, 5.41) is 19.8. The Kier molecular flexibility index (Phi) is 5.66. The van der Waals surface area contributed by atoms with Gasteiger partial charge in [0, 0.05) is 20.1 Å². The highest BCUT2D eigenvalue weighted by Gasteiger charge is 2.29. The summed E-state index contributed by atoms with van der Waals surface area (Å²) >= 11 is 6.21. The molecule has 2 N–H and O–H groups in total. The predicted octanol–water partition coefficient (Wildman–Crippen LogP) is 4.71. The van der Waals surface area contributed by atoms with E-state index in [4.69, 9.17) is 0 Å². The van der Waals surface area contributed by atoms with Gasteiger partial charge in [-0.15, -0.1) is 0 Å². The second kappa shape index (κ2) is 6.47. The molecule has 0 aromatic heterocycles. The number of hydrogen-bond acceptors (Lipinski definition) is 2. The zero-order valence-electron chi connectivity index (χ0n) is 11.0. The highest BCUT2D eigenvalue weighted by molar-refractivity contribution is 9.13. The maximum absolute atomic E-state index is 14.2. The van der Waals surface area contributed by atoms with Crippen molar-refractivity contribution in [3.63, 3.8) is 0 Å². The fourth-order valence-electron chi connectivity index (χ4n) is 1.64. The van der Waals surface area contributed by atoms with Crippen LogP contribution in [0.5, 0.6) is 0 Å². The highest BCUT2D eigenvalue weighted by Crippen LogP contribution is 2.42. The van der Waals surface area contributed by atoms with Crippen LogP contribution in [0.4, 0.5) is 8.78 Å². The zero-order valence-corrected chi connectivity index (χ0v) is 14.1. The summed E-state index contributed by atoms with van der Waals surface area (Å²) < 4.78 is 28.6. The van der Waals surface area contributed by atoms with E-state index >= 15 is 0 Å². The van der Waals surface area contributed by atoms with E-state index in [1.54, 1.807) is 0 Å². The molecule has 0 spiro atoms. The van der Waals surface area contributed by atoms with Gasteiger partial charge in [0.1, 0.15) is 12.2 Å². The first-order valence-electron chi connectivity index (χ1n) is 5.63. The quantitative estimate of drug-likeness (QED) is 0.556. The van der Waals surface area contributed by atoms with Crippen molar-refractivity contribution in [2.75, 3.05) is 0 Å². The number of hydrogen-bond donors (Lipinski definition) is 2. The molecule has 0 radical (unpaired) electrons. The molecule has 0 aliphatic rings. The topological polar surface area (TPSA) is 40.5 Å². The lowest BCUT2D eigenvalue weighted by atomic mass is 9.97. The summed E-state index contributed by atoms with van der Waals surface area (Å²) in [6, 6.07) is 0. The number of aliphatic hydroxyl groups is 2. The zero-order chi connectivity index (χ0) is 15.8. The lowest BCUT2D eigenvalue weighted by molar-refractivity contribution is 0.199. The third kappa shape index (κ3) is 3.03. The molecule has 0 fully saturated rings. The van der Waals surface area contributed by atoms with E-state index in [9.17, 15) is 19.0 Å². The first-order valence-corrected chi connectivity index (χ1v) is 7.22. The van der Waals surface area contributed by atoms with Crippen molar-refractivity contribution in [3.05, 3.63) is 56.0 Å². The molecule has 20 heavy (non-hydrogen) atoms. The van der Waals surface area contributed by atoms with Crippen molar-refractivity contribution in [3.8, 4) is 0 Å². The van der Waals surface area contributed by atoms with Crippen LogP contribution in [0.3, 0.4) is 0 Å². The van der Waals surface area contributed by atoms with Gasteiger partial charge >= 0.3 is 0 Å². The number of benzene rings is 1. The molecule has 1 aromatic carbocycles. The van der Waals surface area contributed by atoms with Crippen LogP contribution < -0.4 is 0 Å². The molecule has 6 heteroatoms. The number of halogens is 4. The van der Waals surface area contributed by atoms with Crippen molar-refractivity contribution in [2.24, 2.45) is 0 Å². The van der Waals surface area contributed by atoms with Crippen LogP contribution in [0, 0.1) is 11.6 Å². The normalized spacial score (nSPS) is 14.0. The van der Waals surface area contributed by atoms with Crippen LogP contribution in [0.1, 0.15) is 37.2 Å². The van der Waals surface area contributed by atoms with Crippen molar-refractivity contribution < 1.29 is 19.0 Å². The molecule has 110 valence electrons. The van der Waals surface area contributed by atoms with Crippen LogP contribution in [-0.2, 0) is 0 Å². The molecular weight excluding hydrogens is 398 g/mol. The maximum atomic E-state index is 14.2. The van der Waals surface area contributed by atoms with E-state index in [0.717, 1.165) is 0 Å². The van der Waals surface area contributed by atoms with E-state index in [1.807, 2.05) is 0 Å². The predicted molar refractivity (Wildman–Crippen MR) is 81.3 cm³/mol. The summed E-state index contributed by atoms with van der Waals surface area (Å²) in [6.07, 6.45) is -2.71. The average Bonchev–Trinajstić information content (AvgIpc) is 2.36. The molecule has 0 saturated heterocycles. The summed E-state index contributed by atoms with van der Waals surface area (Å²) in [5.74, 6) is -2.46. The molecule has 2 atom stereocenters. The summed E-state index contributed by atoms with van der Waals surface area (Å²) in [7, 11) is 0. The van der Waals surface area contributed by atoms with Gasteiger partial charge < -0.3 is 10.2 Å². The lowest BCUT2D eigenvalue weighted by Gasteiger charge is -2.21. The lowest BCUT2D eigenvalue weighted by Crippen LogP contribution is -2.11. The van der Waals surface area contributed by atoms with Gasteiger partial charge in [-0.1, -0.05) is 13.2 Å². The fourth-order valence-corrected chi connectivity index (χ4v) is 2.85. The van der Waals surface area contributed by atoms with Crippen LogP contribution in [0.15, 0.2) is 33.2 Å². The first-order chi connectivity index (χ1) is 9.11. The van der Waals surface area contributed by atoms with Crippen molar-refractivity contribution in [1.82, 2.24) is 0 Å². The van der Waals surface area contributed by atoms with E-state index in [0.29, 0.717) is 0 Å². The summed E-state index contributed by atoms with van der Waals surface area (Å²) in [6.45, 7) is 10.0. The van der Waals surface area contributed by atoms with Gasteiger partial charge in [0.25, 0.3) is 0 Å². The maximum Gasteiger partial charge on any atom is 0.166 e. The molecule has 0 bridgehead atoms. The summed E-state index contributed by atoms with van der Waals surface area (Å²) in [5.41, 5.74) is 0.00674. The smallest absolute Gasteiger partial charge is 0.166 e. The average molecular weight is 412 g/mol. The van der Waals surface area contributed by atoms with Gasteiger partial charge in [0.15, 0.2) is 11.6 Å². The van der Waals surface area contributed by atoms with E-state index in [1.165, 1.54) is 13.8 Å². The standard InChI is InChI=1S/C14H14Br2F2O2/c1-5(2)13(19)7-9(15)10(16)8(12(18)11(7)17)14(20)6(3)4/h13-14,19-20H,1,3H2,2,4H3. The van der Waals surface area contributed by atoms with Gasteiger partial charge in [-0.2, -0.15) is 0 Å². The minimum Gasteiger partial charge on any atom is -0.384 e. The van der Waals surface area contributed by atoms with Crippen LogP contribution in [0.25, 0.3) is 0 Å². The van der Waals surface area contributed by atoms with Gasteiger partial charge in [-0.05, 0) is 56.9 Å². The largest absolute Gasteiger partial charge is 0.384 e. The van der Waals surface area contributed by atoms with Crippen LogP contribution >= 0.6 is 31.9 Å². The second-order valence-corrected chi connectivity index (χ2v) is 6.17. The molecule has 0 aliphatic carbocycles. The third-order valence-electron chi connectivity index (χ3n) is 2.81. The second-order valence-electron chi connectivity index (χ2n) is 4.58. The Hall–Kier alpha value is -0.560. The fraction of sp³-hybridized carbons (Fsp3) is 0.286. The molecular formula is C14H14Br2F2O2. The number of aliphatic hydroxyl groups excluding tert-OH is 2. The van der Waals surface area contributed by atoms with E-state index in [-0.39, 0.29) is 31.2 Å². The molecule has 2 unspecified atom stereocenters. The Labute approximate surface area is 133 Å². The SMILES string of the molecule is C=C(C)C(O)c1c(F)c(F)c(C(O)C(=C)C)c(Br)c1Br. The van der Waals surface area contributed by atoms with Crippen LogP contribution in [-0.4, -0.2) is 10.2 Å². The van der Waals surface area contributed by atoms with E-state index in [2.05, 4.69) is 45.0 Å². The molecule has 0 saturated carbocycles. The van der Waals surface area contributed by atoms with Crippen LogP contribution in [0.2, 0.25) is 0 Å². The Morgan fingerprint density at radius 2 is 1.15 bits per heavy atom. The third-order valence-corrected chi connectivity index (χ3v) is 4.99. The van der Waals surface area contributed by atoms with Gasteiger partial charge in [0.05, 0.1) is 0 Å². The Morgan fingerprint density at radius 3 is 1.35 bits per heavy atom. The Balaban J connectivity index is 3.66. The number of rotatable bonds is 4. The molecule has 0 aliphatic heterocycles. The van der Waals surface area contributed by atoms with Gasteiger partial charge in [-0.3, -0.25) is 0 Å². The molecule has 0 heterocycles. The monoisotopic (exact) mass is 410 g/mol. The van der Waals surface area contributed by atoms with Gasteiger partial charge in [0.2, 0.25) is 0 Å². The molecule has 1 rings (SSSR count). The minimum absolute atomic E-state index is 0.127. The van der Waals surface area contributed by atoms with Crippen molar-refractivity contribution in [2.45, 2.75) is 26.1 Å². The Morgan fingerprint density at radius 1 is 0.900 bits per heavy atom. The molecule has 1 aromatic rings. The Bertz CT molecular complexity index is 505. The van der Waals surface area contributed by atoms with Gasteiger partial charge in [-0.25, -0.2) is 8.78 Å². The van der Waals surface area contributed by atoms with Crippen molar-refractivity contribution >= 4 is 31.9 Å².